The lowest BCUT2D eigenvalue weighted by Crippen LogP contribution is -2.22. The number of thiophene rings is 1. The van der Waals surface area contributed by atoms with Gasteiger partial charge in [-0.2, -0.15) is 0 Å². The first kappa shape index (κ1) is 16.6. The van der Waals surface area contributed by atoms with E-state index in [0.29, 0.717) is 23.7 Å². The third kappa shape index (κ3) is 4.60. The Morgan fingerprint density at radius 1 is 1.04 bits per heavy atom. The normalized spacial score (nSPS) is 10.4. The second kappa shape index (κ2) is 7.99. The van der Waals surface area contributed by atoms with Crippen LogP contribution in [0.15, 0.2) is 66.0 Å². The first-order chi connectivity index (χ1) is 11.7. The molecule has 3 nitrogen and oxygen atoms in total. The molecule has 2 aromatic carbocycles. The Balaban J connectivity index is 1.52. The Morgan fingerprint density at radius 3 is 2.46 bits per heavy atom. The summed E-state index contributed by atoms with van der Waals surface area (Å²) in [7, 11) is 0. The van der Waals surface area contributed by atoms with E-state index in [1.54, 1.807) is 35.6 Å². The number of benzene rings is 2. The summed E-state index contributed by atoms with van der Waals surface area (Å²) in [5.74, 6) is 0.632. The molecule has 3 aromatic rings. The average Bonchev–Trinajstić information content (AvgIpc) is 3.13. The molecule has 1 heterocycles. The molecule has 0 bridgehead atoms. The van der Waals surface area contributed by atoms with Gasteiger partial charge >= 0.3 is 0 Å². The van der Waals surface area contributed by atoms with Gasteiger partial charge in [0.25, 0.3) is 5.91 Å². The van der Waals surface area contributed by atoms with Crippen LogP contribution in [0.25, 0.3) is 0 Å². The van der Waals surface area contributed by atoms with Gasteiger partial charge in [-0.3, -0.25) is 4.79 Å². The number of carbonyl (C=O) groups is 1. The van der Waals surface area contributed by atoms with Gasteiger partial charge in [-0.1, -0.05) is 29.8 Å². The molecular formula is C19H16ClNO2S. The first-order valence-corrected chi connectivity index (χ1v) is 8.74. The highest BCUT2D eigenvalue weighted by Gasteiger charge is 2.06. The van der Waals surface area contributed by atoms with E-state index in [0.717, 1.165) is 16.2 Å². The molecule has 1 N–H and O–H groups in total. The van der Waals surface area contributed by atoms with Crippen LogP contribution in [0.4, 0.5) is 0 Å². The average molecular weight is 358 g/mol. The molecule has 0 aliphatic rings. The third-order valence-electron chi connectivity index (χ3n) is 3.44. The van der Waals surface area contributed by atoms with Crippen LogP contribution < -0.4 is 10.1 Å². The summed E-state index contributed by atoms with van der Waals surface area (Å²) in [6.07, 6.45) is 0. The standard InChI is InChI=1S/C19H16ClNO2S/c20-16-7-3-14(4-8-16)13-23-17-9-5-15(6-10-17)19(22)21-12-18-2-1-11-24-18/h1-11H,12-13H2,(H,21,22). The Labute approximate surface area is 149 Å². The summed E-state index contributed by atoms with van der Waals surface area (Å²) in [4.78, 5) is 13.2. The second-order valence-electron chi connectivity index (χ2n) is 5.20. The van der Waals surface area contributed by atoms with E-state index in [9.17, 15) is 4.79 Å². The predicted octanol–water partition coefficient (Wildman–Crippen LogP) is 4.91. The topological polar surface area (TPSA) is 38.3 Å². The van der Waals surface area contributed by atoms with Crippen LogP contribution in [0.1, 0.15) is 20.8 Å². The van der Waals surface area contributed by atoms with Gasteiger partial charge < -0.3 is 10.1 Å². The lowest BCUT2D eigenvalue weighted by atomic mass is 10.2. The fraction of sp³-hybridized carbons (Fsp3) is 0.105. The molecule has 122 valence electrons. The van der Waals surface area contributed by atoms with E-state index in [-0.39, 0.29) is 5.91 Å². The lowest BCUT2D eigenvalue weighted by Gasteiger charge is -2.08. The number of halogens is 1. The molecule has 1 amide bonds. The largest absolute Gasteiger partial charge is 0.489 e. The molecule has 24 heavy (non-hydrogen) atoms. The van der Waals surface area contributed by atoms with E-state index < -0.39 is 0 Å². The second-order valence-corrected chi connectivity index (χ2v) is 6.67. The van der Waals surface area contributed by atoms with Crippen molar-refractivity contribution in [1.29, 1.82) is 0 Å². The third-order valence-corrected chi connectivity index (χ3v) is 4.57. The lowest BCUT2D eigenvalue weighted by molar-refractivity contribution is 0.0951. The van der Waals surface area contributed by atoms with Crippen LogP contribution in [0.5, 0.6) is 5.75 Å². The highest BCUT2D eigenvalue weighted by molar-refractivity contribution is 7.09. The Hall–Kier alpha value is -2.30. The first-order valence-electron chi connectivity index (χ1n) is 7.48. The summed E-state index contributed by atoms with van der Waals surface area (Å²) in [5.41, 5.74) is 1.66. The summed E-state index contributed by atoms with van der Waals surface area (Å²) in [6, 6.07) is 18.6. The maximum absolute atomic E-state index is 12.1. The quantitative estimate of drug-likeness (QED) is 0.680. The molecule has 0 radical (unpaired) electrons. The highest BCUT2D eigenvalue weighted by atomic mass is 35.5. The van der Waals surface area contributed by atoms with Crippen molar-refractivity contribution in [3.8, 4) is 5.75 Å². The van der Waals surface area contributed by atoms with Crippen molar-refractivity contribution in [1.82, 2.24) is 5.32 Å². The van der Waals surface area contributed by atoms with Crippen molar-refractivity contribution in [2.75, 3.05) is 0 Å². The zero-order valence-corrected chi connectivity index (χ0v) is 14.4. The van der Waals surface area contributed by atoms with Crippen molar-refractivity contribution in [3.63, 3.8) is 0 Å². The van der Waals surface area contributed by atoms with Gasteiger partial charge in [0.1, 0.15) is 12.4 Å². The number of ether oxygens (including phenoxy) is 1. The molecule has 0 aliphatic carbocycles. The van der Waals surface area contributed by atoms with Crippen molar-refractivity contribution in [3.05, 3.63) is 87.1 Å². The summed E-state index contributed by atoms with van der Waals surface area (Å²) in [5, 5.41) is 5.60. The van der Waals surface area contributed by atoms with Gasteiger partial charge in [-0.15, -0.1) is 11.3 Å². The monoisotopic (exact) mass is 357 g/mol. The van der Waals surface area contributed by atoms with Crippen LogP contribution in [0, 0.1) is 0 Å². The molecule has 0 saturated carbocycles. The van der Waals surface area contributed by atoms with Gasteiger partial charge in [0.2, 0.25) is 0 Å². The number of carbonyl (C=O) groups excluding carboxylic acids is 1. The Kier molecular flexibility index (Phi) is 5.51. The van der Waals surface area contributed by atoms with Gasteiger partial charge in [0.15, 0.2) is 0 Å². The maximum Gasteiger partial charge on any atom is 0.251 e. The van der Waals surface area contributed by atoms with Gasteiger partial charge in [-0.25, -0.2) is 0 Å². The molecule has 3 rings (SSSR count). The molecule has 0 atom stereocenters. The number of nitrogens with one attached hydrogen (secondary N) is 1. The van der Waals surface area contributed by atoms with Gasteiger partial charge in [0.05, 0.1) is 6.54 Å². The number of hydrogen-bond donors (Lipinski definition) is 1. The van der Waals surface area contributed by atoms with Crippen LogP contribution in [-0.4, -0.2) is 5.91 Å². The molecule has 0 saturated heterocycles. The zero-order valence-electron chi connectivity index (χ0n) is 12.9. The van der Waals surface area contributed by atoms with Crippen molar-refractivity contribution in [2.45, 2.75) is 13.2 Å². The van der Waals surface area contributed by atoms with Crippen molar-refractivity contribution >= 4 is 28.8 Å². The maximum atomic E-state index is 12.1. The van der Waals surface area contributed by atoms with Gasteiger partial charge in [-0.05, 0) is 53.4 Å². The SMILES string of the molecule is O=C(NCc1cccs1)c1ccc(OCc2ccc(Cl)cc2)cc1. The van der Waals surface area contributed by atoms with Crippen LogP contribution >= 0.6 is 22.9 Å². The molecule has 0 aliphatic heterocycles. The highest BCUT2D eigenvalue weighted by Crippen LogP contribution is 2.16. The Morgan fingerprint density at radius 2 is 1.79 bits per heavy atom. The summed E-state index contributed by atoms with van der Waals surface area (Å²) >= 11 is 7.48. The summed E-state index contributed by atoms with van der Waals surface area (Å²) in [6.45, 7) is 1.01. The van der Waals surface area contributed by atoms with E-state index in [1.807, 2.05) is 41.8 Å². The predicted molar refractivity (Wildman–Crippen MR) is 97.7 cm³/mol. The van der Waals surface area contributed by atoms with Crippen molar-refractivity contribution < 1.29 is 9.53 Å². The van der Waals surface area contributed by atoms with Crippen molar-refractivity contribution in [2.24, 2.45) is 0 Å². The fourth-order valence-corrected chi connectivity index (χ4v) is 2.90. The summed E-state index contributed by atoms with van der Waals surface area (Å²) < 4.78 is 5.71. The minimum absolute atomic E-state index is 0.0901. The van der Waals surface area contributed by atoms with Crippen LogP contribution in [0.3, 0.4) is 0 Å². The van der Waals surface area contributed by atoms with Gasteiger partial charge in [0, 0.05) is 15.5 Å². The van der Waals surface area contributed by atoms with E-state index in [1.165, 1.54) is 0 Å². The number of rotatable bonds is 6. The molecule has 5 heteroatoms. The van der Waals surface area contributed by atoms with E-state index in [4.69, 9.17) is 16.3 Å². The zero-order chi connectivity index (χ0) is 16.8. The molecular weight excluding hydrogens is 342 g/mol. The van der Waals surface area contributed by atoms with Crippen LogP contribution in [-0.2, 0) is 13.2 Å². The minimum atomic E-state index is -0.0901. The van der Waals surface area contributed by atoms with E-state index in [2.05, 4.69) is 5.32 Å². The molecule has 0 unspecified atom stereocenters. The smallest absolute Gasteiger partial charge is 0.251 e. The number of hydrogen-bond acceptors (Lipinski definition) is 3. The molecule has 0 spiro atoms. The molecule has 1 aromatic heterocycles. The molecule has 0 fully saturated rings. The van der Waals surface area contributed by atoms with E-state index >= 15 is 0 Å². The fourth-order valence-electron chi connectivity index (χ4n) is 2.13. The Bertz CT molecular complexity index is 783. The number of amides is 1. The van der Waals surface area contributed by atoms with Crippen LogP contribution in [0.2, 0.25) is 5.02 Å². The minimum Gasteiger partial charge on any atom is -0.489 e.